The molecule has 1 amide bonds. The SMILES string of the molecule is CNC(=O)c1c(-c2ccccc2)noc1-c1nc(-c2ccc(CN3CC(C(=O)OC(C)(C)C)C3)cc2)no1. The van der Waals surface area contributed by atoms with Crippen LogP contribution >= 0.6 is 0 Å². The number of nitrogens with zero attached hydrogens (tertiary/aromatic N) is 4. The lowest BCUT2D eigenvalue weighted by Gasteiger charge is -2.38. The van der Waals surface area contributed by atoms with Gasteiger partial charge in [0.25, 0.3) is 11.8 Å². The second kappa shape index (κ2) is 10.2. The molecular formula is C28H29N5O5. The Hall–Kier alpha value is -4.31. The molecular weight excluding hydrogens is 486 g/mol. The molecule has 0 radical (unpaired) electrons. The number of likely N-dealkylation sites (tertiary alicyclic amines) is 1. The second-order valence-corrected chi connectivity index (χ2v) is 10.2. The third kappa shape index (κ3) is 5.35. The maximum absolute atomic E-state index is 12.7. The van der Waals surface area contributed by atoms with Crippen LogP contribution in [0.3, 0.4) is 0 Å². The maximum atomic E-state index is 12.7. The van der Waals surface area contributed by atoms with Gasteiger partial charge in [0, 0.05) is 37.8 Å². The highest BCUT2D eigenvalue weighted by molar-refractivity contribution is 6.04. The van der Waals surface area contributed by atoms with Crippen LogP contribution in [-0.4, -0.2) is 57.8 Å². The van der Waals surface area contributed by atoms with E-state index < -0.39 is 5.60 Å². The van der Waals surface area contributed by atoms with Crippen LogP contribution in [0.5, 0.6) is 0 Å². The number of carbonyl (C=O) groups excluding carboxylic acids is 2. The summed E-state index contributed by atoms with van der Waals surface area (Å²) in [6, 6.07) is 17.1. The maximum Gasteiger partial charge on any atom is 0.312 e. The summed E-state index contributed by atoms with van der Waals surface area (Å²) in [5.41, 5.74) is 2.74. The molecule has 5 rings (SSSR count). The smallest absolute Gasteiger partial charge is 0.312 e. The Bertz CT molecular complexity index is 1430. The zero-order valence-electron chi connectivity index (χ0n) is 21.7. The highest BCUT2D eigenvalue weighted by Crippen LogP contribution is 2.32. The molecule has 1 aliphatic rings. The van der Waals surface area contributed by atoms with Gasteiger partial charge in [-0.2, -0.15) is 4.98 Å². The molecule has 4 aromatic rings. The Morgan fingerprint density at radius 1 is 1.00 bits per heavy atom. The lowest BCUT2D eigenvalue weighted by molar-refractivity contribution is -0.166. The Labute approximate surface area is 220 Å². The quantitative estimate of drug-likeness (QED) is 0.361. The number of hydrogen-bond donors (Lipinski definition) is 1. The van der Waals surface area contributed by atoms with Crippen molar-refractivity contribution in [1.29, 1.82) is 0 Å². The monoisotopic (exact) mass is 515 g/mol. The van der Waals surface area contributed by atoms with E-state index in [1.165, 1.54) is 7.05 Å². The van der Waals surface area contributed by atoms with Crippen molar-refractivity contribution in [2.24, 2.45) is 5.92 Å². The van der Waals surface area contributed by atoms with Crippen molar-refractivity contribution in [3.8, 4) is 34.3 Å². The average molecular weight is 516 g/mol. The molecule has 10 heteroatoms. The van der Waals surface area contributed by atoms with Gasteiger partial charge >= 0.3 is 5.97 Å². The fraction of sp³-hybridized carbons (Fsp3) is 0.321. The van der Waals surface area contributed by atoms with Gasteiger partial charge in [-0.15, -0.1) is 0 Å². The predicted octanol–water partition coefficient (Wildman–Crippen LogP) is 4.19. The summed E-state index contributed by atoms with van der Waals surface area (Å²) in [6.07, 6.45) is 0. The van der Waals surface area contributed by atoms with Crippen molar-refractivity contribution in [3.63, 3.8) is 0 Å². The first-order chi connectivity index (χ1) is 18.2. The Balaban J connectivity index is 1.27. The summed E-state index contributed by atoms with van der Waals surface area (Å²) in [6.45, 7) is 7.73. The van der Waals surface area contributed by atoms with E-state index in [4.69, 9.17) is 13.8 Å². The van der Waals surface area contributed by atoms with Crippen LogP contribution in [0.25, 0.3) is 34.3 Å². The van der Waals surface area contributed by atoms with E-state index in [1.807, 2.05) is 75.4 Å². The highest BCUT2D eigenvalue weighted by atomic mass is 16.6. The van der Waals surface area contributed by atoms with E-state index in [9.17, 15) is 9.59 Å². The first kappa shape index (κ1) is 25.3. The summed E-state index contributed by atoms with van der Waals surface area (Å²) in [5, 5.41) is 10.8. The van der Waals surface area contributed by atoms with Crippen molar-refractivity contribution in [3.05, 3.63) is 65.7 Å². The third-order valence-electron chi connectivity index (χ3n) is 6.13. The summed E-state index contributed by atoms with van der Waals surface area (Å²) in [7, 11) is 1.53. The van der Waals surface area contributed by atoms with Gasteiger partial charge in [-0.1, -0.05) is 64.9 Å². The van der Waals surface area contributed by atoms with Crippen LogP contribution in [0.1, 0.15) is 36.7 Å². The molecule has 0 spiro atoms. The first-order valence-electron chi connectivity index (χ1n) is 12.4. The fourth-order valence-electron chi connectivity index (χ4n) is 4.25. The number of esters is 1. The molecule has 0 atom stereocenters. The van der Waals surface area contributed by atoms with Crippen LogP contribution in [-0.2, 0) is 16.1 Å². The molecule has 1 aliphatic heterocycles. The van der Waals surface area contributed by atoms with E-state index in [0.29, 0.717) is 24.6 Å². The zero-order chi connectivity index (χ0) is 26.9. The van der Waals surface area contributed by atoms with Crippen LogP contribution in [0, 0.1) is 5.92 Å². The summed E-state index contributed by atoms with van der Waals surface area (Å²) in [4.78, 5) is 31.5. The normalized spacial score (nSPS) is 14.2. The zero-order valence-corrected chi connectivity index (χ0v) is 21.7. The molecule has 2 aromatic carbocycles. The Morgan fingerprint density at radius 3 is 2.37 bits per heavy atom. The van der Waals surface area contributed by atoms with Crippen molar-refractivity contribution >= 4 is 11.9 Å². The molecule has 2 aromatic heterocycles. The summed E-state index contributed by atoms with van der Waals surface area (Å²) >= 11 is 0. The van der Waals surface area contributed by atoms with E-state index in [2.05, 4.69) is 25.5 Å². The number of aromatic nitrogens is 3. The van der Waals surface area contributed by atoms with Crippen LogP contribution in [0.4, 0.5) is 0 Å². The van der Waals surface area contributed by atoms with Gasteiger partial charge in [0.2, 0.25) is 11.6 Å². The van der Waals surface area contributed by atoms with Gasteiger partial charge < -0.3 is 19.1 Å². The van der Waals surface area contributed by atoms with Gasteiger partial charge in [0.05, 0.1) is 5.92 Å². The van der Waals surface area contributed by atoms with Crippen LogP contribution < -0.4 is 5.32 Å². The van der Waals surface area contributed by atoms with Gasteiger partial charge in [-0.25, -0.2) is 0 Å². The molecule has 196 valence electrons. The van der Waals surface area contributed by atoms with Crippen molar-refractivity contribution in [1.82, 2.24) is 25.5 Å². The van der Waals surface area contributed by atoms with E-state index in [-0.39, 0.29) is 35.0 Å². The Kier molecular flexibility index (Phi) is 6.81. The molecule has 1 fully saturated rings. The Morgan fingerprint density at radius 2 is 1.71 bits per heavy atom. The van der Waals surface area contributed by atoms with Crippen LogP contribution in [0.2, 0.25) is 0 Å². The molecule has 10 nitrogen and oxygen atoms in total. The number of rotatable bonds is 7. The molecule has 1 N–H and O–H groups in total. The number of nitrogens with one attached hydrogen (secondary N) is 1. The predicted molar refractivity (Wildman–Crippen MR) is 139 cm³/mol. The molecule has 38 heavy (non-hydrogen) atoms. The average Bonchev–Trinajstić information content (AvgIpc) is 3.53. The number of ether oxygens (including phenoxy) is 1. The van der Waals surface area contributed by atoms with Gasteiger partial charge in [-0.3, -0.25) is 14.5 Å². The minimum absolute atomic E-state index is 0.0612. The number of benzene rings is 2. The lowest BCUT2D eigenvalue weighted by Crippen LogP contribution is -2.51. The number of carbonyl (C=O) groups is 2. The molecule has 0 saturated carbocycles. The molecule has 3 heterocycles. The van der Waals surface area contributed by atoms with E-state index >= 15 is 0 Å². The second-order valence-electron chi connectivity index (χ2n) is 10.2. The topological polar surface area (TPSA) is 124 Å². The van der Waals surface area contributed by atoms with Crippen molar-refractivity contribution in [2.75, 3.05) is 20.1 Å². The fourth-order valence-corrected chi connectivity index (χ4v) is 4.25. The lowest BCUT2D eigenvalue weighted by atomic mass is 9.98. The van der Waals surface area contributed by atoms with Crippen molar-refractivity contribution in [2.45, 2.75) is 32.9 Å². The molecule has 0 aliphatic carbocycles. The highest BCUT2D eigenvalue weighted by Gasteiger charge is 2.35. The summed E-state index contributed by atoms with van der Waals surface area (Å²) < 4.78 is 16.4. The minimum atomic E-state index is -0.468. The molecule has 1 saturated heterocycles. The minimum Gasteiger partial charge on any atom is -0.460 e. The van der Waals surface area contributed by atoms with Crippen molar-refractivity contribution < 1.29 is 23.4 Å². The number of amides is 1. The largest absolute Gasteiger partial charge is 0.460 e. The van der Waals surface area contributed by atoms with Gasteiger partial charge in [-0.05, 0) is 26.3 Å². The molecule has 0 unspecified atom stereocenters. The number of hydrogen-bond acceptors (Lipinski definition) is 9. The van der Waals surface area contributed by atoms with Gasteiger partial charge in [0.15, 0.2) is 0 Å². The summed E-state index contributed by atoms with van der Waals surface area (Å²) in [5.74, 6) is -0.0595. The standard InChI is InChI=1S/C28H29N5O5/c1-28(2,3)36-27(35)20-15-33(16-20)14-17-10-12-19(13-11-17)24-30-26(38-32-24)23-21(25(34)29-4)22(31-37-23)18-8-6-5-7-9-18/h5-13,20H,14-16H2,1-4H3,(H,29,34). The van der Waals surface area contributed by atoms with Gasteiger partial charge in [0.1, 0.15) is 16.9 Å². The van der Waals surface area contributed by atoms with E-state index in [0.717, 1.165) is 23.2 Å². The third-order valence-corrected chi connectivity index (χ3v) is 6.13. The van der Waals surface area contributed by atoms with Crippen LogP contribution in [0.15, 0.2) is 63.6 Å². The first-order valence-corrected chi connectivity index (χ1v) is 12.4. The van der Waals surface area contributed by atoms with E-state index in [1.54, 1.807) is 0 Å². The molecule has 0 bridgehead atoms.